The fraction of sp³-hybridized carbons (Fsp3) is 0.143. The number of aromatic nitrogens is 1. The average Bonchev–Trinajstić information content (AvgIpc) is 2.03. The number of nitrogens with zero attached hydrogens (tertiary/aromatic N) is 1. The van der Waals surface area contributed by atoms with Crippen LogP contribution in [0.5, 0.6) is 0 Å². The molecule has 1 aromatic heterocycles. The molecule has 0 amide bonds. The van der Waals surface area contributed by atoms with Gasteiger partial charge in [0.1, 0.15) is 10.8 Å². The molecule has 0 N–H and O–H groups in total. The largest absolute Gasteiger partial charge is 0.280 e. The Morgan fingerprint density at radius 3 is 2.46 bits per heavy atom. The molecule has 0 aromatic carbocycles. The van der Waals surface area contributed by atoms with E-state index < -0.39 is 17.4 Å². The van der Waals surface area contributed by atoms with Crippen LogP contribution < -0.4 is 0 Å². The summed E-state index contributed by atoms with van der Waals surface area (Å²) >= 11 is 10.5. The monoisotopic (exact) mass is 225 g/mol. The predicted octanol–water partition coefficient (Wildman–Crippen LogP) is 3.05. The van der Waals surface area contributed by atoms with Gasteiger partial charge in [0.05, 0.1) is 5.56 Å². The van der Waals surface area contributed by atoms with Crippen LogP contribution in [-0.2, 0) is 0 Å². The maximum absolute atomic E-state index is 12.0. The van der Waals surface area contributed by atoms with Crippen LogP contribution in [0, 0.1) is 0 Å². The van der Waals surface area contributed by atoms with Crippen LogP contribution >= 0.6 is 23.2 Å². The number of carbonyl (C=O) groups excluding carboxylic acids is 1. The van der Waals surface area contributed by atoms with E-state index in [1.807, 2.05) is 0 Å². The molecule has 0 unspecified atom stereocenters. The third-order valence-electron chi connectivity index (χ3n) is 1.31. The lowest BCUT2D eigenvalue weighted by Crippen LogP contribution is -1.97. The standard InChI is InChI=1S/C7H3Cl2F2NO/c8-5-3(6(9)13)1-2-4(12-5)7(10)11/h1-2,7H. The predicted molar refractivity (Wildman–Crippen MR) is 44.4 cm³/mol. The maximum Gasteiger partial charge on any atom is 0.280 e. The summed E-state index contributed by atoms with van der Waals surface area (Å²) < 4.78 is 24.1. The zero-order valence-corrected chi connectivity index (χ0v) is 7.61. The summed E-state index contributed by atoms with van der Waals surface area (Å²) in [7, 11) is 0. The summed E-state index contributed by atoms with van der Waals surface area (Å²) in [5, 5.41) is -1.13. The molecule has 1 rings (SSSR count). The Kier molecular flexibility index (Phi) is 3.17. The van der Waals surface area contributed by atoms with Gasteiger partial charge in [-0.25, -0.2) is 13.8 Å². The lowest BCUT2D eigenvalue weighted by atomic mass is 10.3. The van der Waals surface area contributed by atoms with Gasteiger partial charge in [-0.15, -0.1) is 0 Å². The smallest absolute Gasteiger partial charge is 0.275 e. The highest BCUT2D eigenvalue weighted by atomic mass is 35.5. The van der Waals surface area contributed by atoms with Crippen LogP contribution in [0.2, 0.25) is 5.15 Å². The highest BCUT2D eigenvalue weighted by Crippen LogP contribution is 2.21. The van der Waals surface area contributed by atoms with Crippen molar-refractivity contribution in [3.05, 3.63) is 28.5 Å². The van der Waals surface area contributed by atoms with Crippen LogP contribution in [0.3, 0.4) is 0 Å². The minimum atomic E-state index is -2.71. The van der Waals surface area contributed by atoms with Crippen molar-refractivity contribution >= 4 is 28.4 Å². The Balaban J connectivity index is 3.13. The van der Waals surface area contributed by atoms with Crippen LogP contribution in [-0.4, -0.2) is 10.2 Å². The van der Waals surface area contributed by atoms with E-state index in [0.29, 0.717) is 0 Å². The molecule has 0 fully saturated rings. The van der Waals surface area contributed by atoms with Gasteiger partial charge < -0.3 is 0 Å². The fourth-order valence-corrected chi connectivity index (χ4v) is 1.16. The average molecular weight is 226 g/mol. The lowest BCUT2D eigenvalue weighted by molar-refractivity contribution is 0.108. The molecule has 0 aliphatic heterocycles. The first kappa shape index (κ1) is 10.3. The van der Waals surface area contributed by atoms with E-state index in [4.69, 9.17) is 23.2 Å². The highest BCUT2D eigenvalue weighted by Gasteiger charge is 2.14. The molecule has 0 radical (unpaired) electrons. The number of hydrogen-bond donors (Lipinski definition) is 0. The molecule has 1 aromatic rings. The first-order chi connectivity index (χ1) is 6.02. The Morgan fingerprint density at radius 2 is 2.08 bits per heavy atom. The number of halogens is 4. The van der Waals surface area contributed by atoms with Crippen LogP contribution in [0.4, 0.5) is 8.78 Å². The highest BCUT2D eigenvalue weighted by molar-refractivity contribution is 6.68. The molecule has 0 aliphatic rings. The molecule has 2 nitrogen and oxygen atoms in total. The van der Waals surface area contributed by atoms with E-state index in [0.717, 1.165) is 12.1 Å². The summed E-state index contributed by atoms with van der Waals surface area (Å²) in [6.45, 7) is 0. The number of alkyl halides is 2. The molecule has 6 heteroatoms. The third kappa shape index (κ3) is 2.35. The molecule has 1 heterocycles. The van der Waals surface area contributed by atoms with Gasteiger partial charge in [0.2, 0.25) is 0 Å². The molecule has 70 valence electrons. The molecule has 0 saturated carbocycles. The van der Waals surface area contributed by atoms with Gasteiger partial charge >= 0.3 is 0 Å². The van der Waals surface area contributed by atoms with Gasteiger partial charge in [0.25, 0.3) is 11.7 Å². The van der Waals surface area contributed by atoms with E-state index in [-0.39, 0.29) is 10.7 Å². The Morgan fingerprint density at radius 1 is 1.46 bits per heavy atom. The summed E-state index contributed by atoms with van der Waals surface area (Å²) in [6.07, 6.45) is -2.71. The second-order valence-corrected chi connectivity index (χ2v) is 2.85. The van der Waals surface area contributed by atoms with Gasteiger partial charge in [-0.2, -0.15) is 0 Å². The van der Waals surface area contributed by atoms with Crippen molar-refractivity contribution < 1.29 is 13.6 Å². The Hall–Kier alpha value is -0.740. The number of hydrogen-bond acceptors (Lipinski definition) is 2. The molecular weight excluding hydrogens is 223 g/mol. The maximum atomic E-state index is 12.0. The van der Waals surface area contributed by atoms with Gasteiger partial charge in [0, 0.05) is 0 Å². The minimum Gasteiger partial charge on any atom is -0.275 e. The first-order valence-electron chi connectivity index (χ1n) is 3.17. The quantitative estimate of drug-likeness (QED) is 0.572. The SMILES string of the molecule is O=C(Cl)c1ccc(C(F)F)nc1Cl. The molecule has 0 atom stereocenters. The van der Waals surface area contributed by atoms with Gasteiger partial charge in [-0.05, 0) is 23.7 Å². The normalized spacial score (nSPS) is 10.5. The second kappa shape index (κ2) is 3.98. The van der Waals surface area contributed by atoms with Gasteiger partial charge in [0.15, 0.2) is 0 Å². The van der Waals surface area contributed by atoms with Crippen molar-refractivity contribution in [3.8, 4) is 0 Å². The van der Waals surface area contributed by atoms with E-state index >= 15 is 0 Å². The molecule has 0 bridgehead atoms. The van der Waals surface area contributed by atoms with Gasteiger partial charge in [-0.3, -0.25) is 4.79 Å². The Labute approximate surface area is 82.5 Å². The zero-order chi connectivity index (χ0) is 10.0. The summed E-state index contributed by atoms with van der Waals surface area (Å²) in [5.74, 6) is 0. The van der Waals surface area contributed by atoms with E-state index in [2.05, 4.69) is 4.98 Å². The van der Waals surface area contributed by atoms with Crippen molar-refractivity contribution in [2.45, 2.75) is 6.43 Å². The lowest BCUT2D eigenvalue weighted by Gasteiger charge is -2.01. The summed E-state index contributed by atoms with van der Waals surface area (Å²) in [4.78, 5) is 13.9. The minimum absolute atomic E-state index is 0.0762. The number of pyridine rings is 1. The topological polar surface area (TPSA) is 30.0 Å². The van der Waals surface area contributed by atoms with Crippen molar-refractivity contribution in [1.82, 2.24) is 4.98 Å². The van der Waals surface area contributed by atoms with Gasteiger partial charge in [-0.1, -0.05) is 11.6 Å². The summed E-state index contributed by atoms with van der Waals surface area (Å²) in [6, 6.07) is 2.12. The molecule has 0 saturated heterocycles. The van der Waals surface area contributed by atoms with E-state index in [1.54, 1.807) is 0 Å². The van der Waals surface area contributed by atoms with Crippen LogP contribution in [0.25, 0.3) is 0 Å². The van der Waals surface area contributed by atoms with Crippen molar-refractivity contribution in [2.24, 2.45) is 0 Å². The zero-order valence-electron chi connectivity index (χ0n) is 6.10. The summed E-state index contributed by atoms with van der Waals surface area (Å²) in [5.41, 5.74) is -0.556. The van der Waals surface area contributed by atoms with Crippen molar-refractivity contribution in [3.63, 3.8) is 0 Å². The first-order valence-corrected chi connectivity index (χ1v) is 3.92. The number of rotatable bonds is 2. The van der Waals surface area contributed by atoms with Crippen molar-refractivity contribution in [2.75, 3.05) is 0 Å². The van der Waals surface area contributed by atoms with Crippen molar-refractivity contribution in [1.29, 1.82) is 0 Å². The molecular formula is C7H3Cl2F2NO. The van der Waals surface area contributed by atoms with E-state index in [1.165, 1.54) is 0 Å². The fourth-order valence-electron chi connectivity index (χ4n) is 0.716. The molecule has 13 heavy (non-hydrogen) atoms. The molecule has 0 aliphatic carbocycles. The van der Waals surface area contributed by atoms with Crippen LogP contribution in [0.1, 0.15) is 22.5 Å². The van der Waals surface area contributed by atoms with E-state index in [9.17, 15) is 13.6 Å². The molecule has 0 spiro atoms. The second-order valence-electron chi connectivity index (χ2n) is 2.15. The van der Waals surface area contributed by atoms with Crippen LogP contribution in [0.15, 0.2) is 12.1 Å². The third-order valence-corrected chi connectivity index (χ3v) is 1.80. The Bertz CT molecular complexity index is 343. The number of carbonyl (C=O) groups is 1.